The van der Waals surface area contributed by atoms with E-state index in [-0.39, 0.29) is 37.5 Å². The van der Waals surface area contributed by atoms with E-state index in [2.05, 4.69) is 26.4 Å². The summed E-state index contributed by atoms with van der Waals surface area (Å²) in [5, 5.41) is 28.5. The number of carboxylic acids is 1. The van der Waals surface area contributed by atoms with Crippen LogP contribution in [0.2, 0.25) is 0 Å². The van der Waals surface area contributed by atoms with E-state index in [0.29, 0.717) is 12.1 Å². The van der Waals surface area contributed by atoms with Crippen LogP contribution in [0.25, 0.3) is 0 Å². The molecule has 4 N–H and O–H groups in total. The van der Waals surface area contributed by atoms with Gasteiger partial charge in [-0.3, -0.25) is 9.59 Å². The molecular weight excluding hydrogens is 462 g/mol. The van der Waals surface area contributed by atoms with Gasteiger partial charge in [-0.2, -0.15) is 0 Å². The number of urea groups is 1. The lowest BCUT2D eigenvalue weighted by Gasteiger charge is -2.28. The molecule has 1 heterocycles. The summed E-state index contributed by atoms with van der Waals surface area (Å²) in [6.45, 7) is 7.79. The van der Waals surface area contributed by atoms with Crippen molar-refractivity contribution in [2.24, 2.45) is 16.4 Å². The highest BCUT2D eigenvalue weighted by Crippen LogP contribution is 2.20. The number of benzene rings is 2. The smallest absolute Gasteiger partial charge is 0.325 e. The molecule has 1 unspecified atom stereocenters. The van der Waals surface area contributed by atoms with E-state index in [1.165, 1.54) is 5.01 Å². The molecule has 2 aromatic carbocycles. The van der Waals surface area contributed by atoms with Crippen molar-refractivity contribution in [3.63, 3.8) is 0 Å². The Labute approximate surface area is 210 Å². The third kappa shape index (κ3) is 7.69. The average Bonchev–Trinajstić information content (AvgIpc) is 3.24. The molecule has 3 rings (SSSR count). The number of hydrogen-bond donors (Lipinski definition) is 4. The molecule has 36 heavy (non-hydrogen) atoms. The first-order valence-corrected chi connectivity index (χ1v) is 11.8. The number of aryl methyl sites for hydroxylation is 2. The lowest BCUT2D eigenvalue weighted by atomic mass is 10.1. The number of para-hydroxylation sites is 1. The van der Waals surface area contributed by atoms with Gasteiger partial charge in [0.25, 0.3) is 0 Å². The molecule has 0 saturated heterocycles. The maximum atomic E-state index is 12.8. The highest BCUT2D eigenvalue weighted by Gasteiger charge is 2.27. The number of aliphatic carboxylic acids is 1. The third-order valence-corrected chi connectivity index (χ3v) is 5.59. The molecule has 2 aromatic rings. The second-order valence-electron chi connectivity index (χ2n) is 9.25. The number of amides is 3. The van der Waals surface area contributed by atoms with Gasteiger partial charge in [0.2, 0.25) is 5.91 Å². The van der Waals surface area contributed by atoms with Gasteiger partial charge < -0.3 is 21.1 Å². The number of rotatable bonds is 10. The van der Waals surface area contributed by atoms with Crippen molar-refractivity contribution in [1.29, 1.82) is 0 Å². The number of nitrogens with one attached hydrogen (secondary N) is 3. The number of hydrogen-bond acceptors (Lipinski definition) is 7. The van der Waals surface area contributed by atoms with Gasteiger partial charge in [0.15, 0.2) is 0 Å². The van der Waals surface area contributed by atoms with Gasteiger partial charge in [-0.05, 0) is 60.2 Å². The van der Waals surface area contributed by atoms with Gasteiger partial charge in [0.1, 0.15) is 19.4 Å². The summed E-state index contributed by atoms with van der Waals surface area (Å²) in [5.41, 5.74) is 3.98. The maximum absolute atomic E-state index is 12.8. The van der Waals surface area contributed by atoms with Gasteiger partial charge >= 0.3 is 12.0 Å². The van der Waals surface area contributed by atoms with Crippen LogP contribution in [0.5, 0.6) is 0 Å². The van der Waals surface area contributed by atoms with Crippen molar-refractivity contribution >= 4 is 29.3 Å². The Morgan fingerprint density at radius 2 is 1.69 bits per heavy atom. The molecule has 1 atom stereocenters. The number of carbonyl (C=O) groups excluding carboxylic acids is 2. The standard InChI is InChI=1S/C25H33N7O4/c1-16(2)11-22(32-15-31(29-30-32)14-24(34)35)28-23(33)13-19-9-10-21(18(4)12-19)27-25(36)26-20-8-6-5-7-17(20)3/h5-10,12,16,22H,11,13-15H2,1-4H3,(H,28,33)(H,34,35)(H2,26,27,36). The molecule has 11 heteroatoms. The summed E-state index contributed by atoms with van der Waals surface area (Å²) >= 11 is 0. The second-order valence-corrected chi connectivity index (χ2v) is 9.25. The van der Waals surface area contributed by atoms with Crippen molar-refractivity contribution in [1.82, 2.24) is 15.3 Å². The molecule has 3 amide bonds. The fourth-order valence-electron chi connectivity index (χ4n) is 3.82. The van der Waals surface area contributed by atoms with Gasteiger partial charge in [-0.25, -0.2) is 14.8 Å². The fraction of sp³-hybridized carbons (Fsp3) is 0.400. The van der Waals surface area contributed by atoms with Gasteiger partial charge in [0, 0.05) is 11.4 Å². The fourth-order valence-corrected chi connectivity index (χ4v) is 3.82. The maximum Gasteiger partial charge on any atom is 0.325 e. The normalized spacial score (nSPS) is 13.6. The lowest BCUT2D eigenvalue weighted by molar-refractivity contribution is -0.138. The molecule has 11 nitrogen and oxygen atoms in total. The monoisotopic (exact) mass is 495 g/mol. The molecule has 1 aliphatic heterocycles. The predicted molar refractivity (Wildman–Crippen MR) is 136 cm³/mol. The minimum Gasteiger partial charge on any atom is -0.480 e. The van der Waals surface area contributed by atoms with E-state index >= 15 is 0 Å². The number of carbonyl (C=O) groups is 3. The number of anilines is 2. The van der Waals surface area contributed by atoms with Crippen LogP contribution in [0.3, 0.4) is 0 Å². The minimum atomic E-state index is -0.999. The lowest BCUT2D eigenvalue weighted by Crippen LogP contribution is -2.48. The van der Waals surface area contributed by atoms with E-state index in [0.717, 1.165) is 22.4 Å². The van der Waals surface area contributed by atoms with E-state index < -0.39 is 12.1 Å². The first-order chi connectivity index (χ1) is 17.1. The Balaban J connectivity index is 1.58. The molecule has 0 aromatic heterocycles. The van der Waals surface area contributed by atoms with Crippen LogP contribution in [-0.2, 0) is 16.0 Å². The van der Waals surface area contributed by atoms with Crippen LogP contribution in [-0.4, -0.2) is 52.4 Å². The molecule has 0 fully saturated rings. The van der Waals surface area contributed by atoms with Crippen molar-refractivity contribution in [3.05, 3.63) is 59.2 Å². The van der Waals surface area contributed by atoms with E-state index in [1.54, 1.807) is 17.1 Å². The number of nitrogens with zero attached hydrogens (tertiary/aromatic N) is 4. The highest BCUT2D eigenvalue weighted by atomic mass is 16.4. The van der Waals surface area contributed by atoms with E-state index in [4.69, 9.17) is 5.11 Å². The Morgan fingerprint density at radius 3 is 2.33 bits per heavy atom. The Morgan fingerprint density at radius 1 is 1.00 bits per heavy atom. The highest BCUT2D eigenvalue weighted by molar-refractivity contribution is 6.00. The first-order valence-electron chi connectivity index (χ1n) is 11.8. The molecule has 0 aliphatic carbocycles. The average molecular weight is 496 g/mol. The predicted octanol–water partition coefficient (Wildman–Crippen LogP) is 3.92. The Kier molecular flexibility index (Phi) is 8.82. The van der Waals surface area contributed by atoms with Crippen LogP contribution in [0.1, 0.15) is 37.0 Å². The topological polar surface area (TPSA) is 139 Å². The molecule has 0 bridgehead atoms. The van der Waals surface area contributed by atoms with Crippen LogP contribution in [0.4, 0.5) is 16.2 Å². The van der Waals surface area contributed by atoms with Gasteiger partial charge in [-0.1, -0.05) is 49.4 Å². The summed E-state index contributed by atoms with van der Waals surface area (Å²) in [6, 6.07) is 12.6. The zero-order chi connectivity index (χ0) is 26.2. The molecule has 1 aliphatic rings. The van der Waals surface area contributed by atoms with E-state index in [1.807, 2.05) is 58.0 Å². The van der Waals surface area contributed by atoms with Crippen molar-refractivity contribution in [2.45, 2.75) is 46.7 Å². The van der Waals surface area contributed by atoms with E-state index in [9.17, 15) is 14.4 Å². The summed E-state index contributed by atoms with van der Waals surface area (Å²) in [5.74, 6) is -0.913. The number of carboxylic acid groups (broad SMARTS) is 1. The molecule has 192 valence electrons. The first kappa shape index (κ1) is 26.5. The summed E-state index contributed by atoms with van der Waals surface area (Å²) in [6.07, 6.45) is 0.366. The molecule has 0 saturated carbocycles. The zero-order valence-corrected chi connectivity index (χ0v) is 21.0. The largest absolute Gasteiger partial charge is 0.480 e. The van der Waals surface area contributed by atoms with Crippen molar-refractivity contribution in [3.8, 4) is 0 Å². The summed E-state index contributed by atoms with van der Waals surface area (Å²) < 4.78 is 0. The van der Waals surface area contributed by atoms with Crippen molar-refractivity contribution in [2.75, 3.05) is 23.8 Å². The molecule has 0 spiro atoms. The van der Waals surface area contributed by atoms with Gasteiger partial charge in [0.05, 0.1) is 6.42 Å². The Hall–Kier alpha value is -4.15. The quantitative estimate of drug-likeness (QED) is 0.394. The van der Waals surface area contributed by atoms with Crippen LogP contribution < -0.4 is 16.0 Å². The molecule has 0 radical (unpaired) electrons. The summed E-state index contributed by atoms with van der Waals surface area (Å²) in [4.78, 5) is 36.2. The third-order valence-electron chi connectivity index (χ3n) is 5.59. The minimum absolute atomic E-state index is 0.148. The SMILES string of the molecule is Cc1ccccc1NC(=O)Nc1ccc(CC(=O)NC(CC(C)C)N2CN(CC(=O)O)N=N2)cc1C. The van der Waals surface area contributed by atoms with Crippen LogP contribution in [0, 0.1) is 19.8 Å². The Bertz CT molecular complexity index is 1140. The second kappa shape index (κ2) is 12.0. The zero-order valence-electron chi connectivity index (χ0n) is 21.0. The molecular formula is C25H33N7O4. The van der Waals surface area contributed by atoms with Crippen LogP contribution >= 0.6 is 0 Å². The van der Waals surface area contributed by atoms with Crippen molar-refractivity contribution < 1.29 is 19.5 Å². The summed E-state index contributed by atoms with van der Waals surface area (Å²) in [7, 11) is 0. The van der Waals surface area contributed by atoms with Gasteiger partial charge in [-0.15, -0.1) is 0 Å². The van der Waals surface area contributed by atoms with Crippen LogP contribution in [0.15, 0.2) is 52.9 Å².